The number of aliphatic carboxylic acids is 1. The lowest BCUT2D eigenvalue weighted by molar-refractivity contribution is -0.137. The number of nitrogens with one attached hydrogen (secondary N) is 1. The average molecular weight is 257 g/mol. The van der Waals surface area contributed by atoms with Gasteiger partial charge in [-0.25, -0.2) is 4.79 Å². The fourth-order valence-corrected chi connectivity index (χ4v) is 1.39. The first-order chi connectivity index (χ1) is 8.18. The molecule has 0 aliphatic carbocycles. The summed E-state index contributed by atoms with van der Waals surface area (Å²) in [5, 5.41) is 11.2. The van der Waals surface area contributed by atoms with Gasteiger partial charge in [-0.15, -0.1) is 6.58 Å². The summed E-state index contributed by atoms with van der Waals surface area (Å²) in [7, 11) is 0. The van der Waals surface area contributed by atoms with Crippen molar-refractivity contribution in [3.63, 3.8) is 0 Å². The molecule has 0 spiro atoms. The first-order valence-corrected chi connectivity index (χ1v) is 5.36. The van der Waals surface area contributed by atoms with Crippen molar-refractivity contribution in [1.29, 1.82) is 0 Å². The Balaban J connectivity index is 4.62. The van der Waals surface area contributed by atoms with Gasteiger partial charge in [0.05, 0.1) is 0 Å². The van der Waals surface area contributed by atoms with Crippen LogP contribution < -0.4 is 11.1 Å². The lowest BCUT2D eigenvalue weighted by atomic mass is 10.0. The minimum atomic E-state index is -1.13. The molecule has 0 aliphatic heterocycles. The molecule has 0 atom stereocenters. The molecule has 0 saturated carbocycles. The number of rotatable bonds is 7. The van der Waals surface area contributed by atoms with Gasteiger partial charge in [0.2, 0.25) is 5.91 Å². The molecule has 0 unspecified atom stereocenters. The number of hydrogen-bond donors (Lipinski definition) is 3. The Bertz CT molecular complexity index is 352. The molecule has 7 nitrogen and oxygen atoms in total. The summed E-state index contributed by atoms with van der Waals surface area (Å²) in [5.74, 6) is -1.67. The van der Waals surface area contributed by atoms with Crippen LogP contribution in [0.4, 0.5) is 4.79 Å². The van der Waals surface area contributed by atoms with E-state index in [1.54, 1.807) is 13.8 Å². The van der Waals surface area contributed by atoms with Crippen LogP contribution in [0, 0.1) is 0 Å². The molecule has 0 fully saturated rings. The quantitative estimate of drug-likeness (QED) is 0.554. The number of nitrogens with zero attached hydrogens (tertiary/aromatic N) is 1. The van der Waals surface area contributed by atoms with Crippen LogP contribution in [-0.4, -0.2) is 46.5 Å². The predicted octanol–water partition coefficient (Wildman–Crippen LogP) is -0.0774. The van der Waals surface area contributed by atoms with Gasteiger partial charge in [0.15, 0.2) is 0 Å². The summed E-state index contributed by atoms with van der Waals surface area (Å²) in [6.45, 7) is 6.36. The molecular formula is C11H19N3O4. The third-order valence-corrected chi connectivity index (χ3v) is 2.02. The number of carbonyl (C=O) groups is 3. The number of hydrogen-bond acceptors (Lipinski definition) is 3. The van der Waals surface area contributed by atoms with Crippen molar-refractivity contribution >= 4 is 17.9 Å². The lowest BCUT2D eigenvalue weighted by Gasteiger charge is -2.29. The zero-order valence-corrected chi connectivity index (χ0v) is 10.6. The lowest BCUT2D eigenvalue weighted by Crippen LogP contribution is -2.52. The summed E-state index contributed by atoms with van der Waals surface area (Å²) in [5.41, 5.74) is 4.22. The molecule has 0 bridgehead atoms. The maximum Gasteiger partial charge on any atom is 0.323 e. The van der Waals surface area contributed by atoms with Crippen molar-refractivity contribution < 1.29 is 19.5 Å². The van der Waals surface area contributed by atoms with Crippen LogP contribution >= 0.6 is 0 Å². The minimum absolute atomic E-state index is 0.0340. The molecule has 0 radical (unpaired) electrons. The number of amides is 3. The highest BCUT2D eigenvalue weighted by Gasteiger charge is 2.26. The second kappa shape index (κ2) is 6.63. The Morgan fingerprint density at radius 2 is 2.00 bits per heavy atom. The van der Waals surface area contributed by atoms with Gasteiger partial charge in [0.1, 0.15) is 6.54 Å². The molecule has 0 aromatic carbocycles. The first kappa shape index (κ1) is 16.0. The van der Waals surface area contributed by atoms with Crippen molar-refractivity contribution in [3.8, 4) is 0 Å². The molecule has 0 aliphatic rings. The van der Waals surface area contributed by atoms with Crippen molar-refractivity contribution in [3.05, 3.63) is 12.7 Å². The summed E-state index contributed by atoms with van der Waals surface area (Å²) >= 11 is 0. The van der Waals surface area contributed by atoms with Crippen molar-refractivity contribution in [2.75, 3.05) is 13.1 Å². The third-order valence-electron chi connectivity index (χ3n) is 2.02. The molecule has 0 heterocycles. The van der Waals surface area contributed by atoms with Crippen LogP contribution in [0.25, 0.3) is 0 Å². The number of urea groups is 1. The van der Waals surface area contributed by atoms with Gasteiger partial charge in [-0.3, -0.25) is 9.59 Å². The highest BCUT2D eigenvalue weighted by Crippen LogP contribution is 2.08. The molecule has 102 valence electrons. The Morgan fingerprint density at radius 3 is 2.39 bits per heavy atom. The number of carbonyl (C=O) groups excluding carboxylic acids is 2. The Morgan fingerprint density at radius 1 is 1.44 bits per heavy atom. The van der Waals surface area contributed by atoms with Gasteiger partial charge in [0.25, 0.3) is 0 Å². The molecule has 4 N–H and O–H groups in total. The van der Waals surface area contributed by atoms with E-state index in [-0.39, 0.29) is 13.0 Å². The molecule has 7 heteroatoms. The number of carboxylic acid groups (broad SMARTS) is 1. The van der Waals surface area contributed by atoms with Crippen LogP contribution in [0.5, 0.6) is 0 Å². The van der Waals surface area contributed by atoms with Crippen LogP contribution in [0.15, 0.2) is 12.7 Å². The van der Waals surface area contributed by atoms with Crippen molar-refractivity contribution in [2.45, 2.75) is 25.8 Å². The highest BCUT2D eigenvalue weighted by molar-refractivity contribution is 5.82. The maximum absolute atomic E-state index is 11.8. The normalized spacial score (nSPS) is 10.6. The standard InChI is InChI=1S/C11H19N3O4/c1-4-5-14(7-9(16)17)10(18)13-11(2,3)6-8(12)15/h4H,1,5-7H2,2-3H3,(H2,12,15)(H,13,18)(H,16,17). The van der Waals surface area contributed by atoms with E-state index in [1.165, 1.54) is 6.08 Å². The fraction of sp³-hybridized carbons (Fsp3) is 0.545. The zero-order chi connectivity index (χ0) is 14.3. The van der Waals surface area contributed by atoms with E-state index >= 15 is 0 Å². The van der Waals surface area contributed by atoms with Gasteiger partial charge >= 0.3 is 12.0 Å². The Hall–Kier alpha value is -2.05. The summed E-state index contributed by atoms with van der Waals surface area (Å²) in [6.07, 6.45) is 1.39. The van der Waals surface area contributed by atoms with E-state index in [4.69, 9.17) is 10.8 Å². The summed E-state index contributed by atoms with van der Waals surface area (Å²) in [6, 6.07) is -0.580. The van der Waals surface area contributed by atoms with E-state index in [2.05, 4.69) is 11.9 Å². The van der Waals surface area contributed by atoms with Gasteiger partial charge in [-0.1, -0.05) is 6.08 Å². The monoisotopic (exact) mass is 257 g/mol. The highest BCUT2D eigenvalue weighted by atomic mass is 16.4. The maximum atomic E-state index is 11.8. The first-order valence-electron chi connectivity index (χ1n) is 5.36. The number of primary amides is 1. The van der Waals surface area contributed by atoms with E-state index in [0.29, 0.717) is 0 Å². The summed E-state index contributed by atoms with van der Waals surface area (Å²) in [4.78, 5) is 34.3. The molecular weight excluding hydrogens is 238 g/mol. The van der Waals surface area contributed by atoms with Gasteiger partial charge in [-0.2, -0.15) is 0 Å². The Kier molecular flexibility index (Phi) is 5.87. The number of carboxylic acids is 1. The van der Waals surface area contributed by atoms with Crippen LogP contribution in [0.3, 0.4) is 0 Å². The van der Waals surface area contributed by atoms with Crippen LogP contribution in [-0.2, 0) is 9.59 Å². The van der Waals surface area contributed by atoms with Crippen LogP contribution in [0.1, 0.15) is 20.3 Å². The minimum Gasteiger partial charge on any atom is -0.480 e. The van der Waals surface area contributed by atoms with Gasteiger partial charge < -0.3 is 21.1 Å². The van der Waals surface area contributed by atoms with Crippen LogP contribution in [0.2, 0.25) is 0 Å². The van der Waals surface area contributed by atoms with Gasteiger partial charge in [0, 0.05) is 18.5 Å². The second-order valence-electron chi connectivity index (χ2n) is 4.52. The second-order valence-corrected chi connectivity index (χ2v) is 4.52. The molecule has 3 amide bonds. The largest absolute Gasteiger partial charge is 0.480 e. The van der Waals surface area contributed by atoms with E-state index in [9.17, 15) is 14.4 Å². The molecule has 0 aromatic heterocycles. The Labute approximate surface area is 106 Å². The van der Waals surface area contributed by atoms with E-state index < -0.39 is 30.0 Å². The van der Waals surface area contributed by atoms with Crippen molar-refractivity contribution in [2.24, 2.45) is 5.73 Å². The molecule has 0 saturated heterocycles. The fourth-order valence-electron chi connectivity index (χ4n) is 1.39. The van der Waals surface area contributed by atoms with E-state index in [1.807, 2.05) is 0 Å². The molecule has 0 rings (SSSR count). The molecule has 0 aromatic rings. The molecule has 18 heavy (non-hydrogen) atoms. The number of nitrogens with two attached hydrogens (primary N) is 1. The average Bonchev–Trinajstić information content (AvgIpc) is 2.12. The van der Waals surface area contributed by atoms with Gasteiger partial charge in [-0.05, 0) is 13.8 Å². The van der Waals surface area contributed by atoms with E-state index in [0.717, 1.165) is 4.90 Å². The SMILES string of the molecule is C=CCN(CC(=O)O)C(=O)NC(C)(C)CC(N)=O. The third kappa shape index (κ3) is 6.51. The van der Waals surface area contributed by atoms with Crippen molar-refractivity contribution in [1.82, 2.24) is 10.2 Å². The zero-order valence-electron chi connectivity index (χ0n) is 10.6. The smallest absolute Gasteiger partial charge is 0.323 e. The predicted molar refractivity (Wildman–Crippen MR) is 65.8 cm³/mol. The topological polar surface area (TPSA) is 113 Å². The summed E-state index contributed by atoms with van der Waals surface area (Å²) < 4.78 is 0.